The Bertz CT molecular complexity index is 1040. The van der Waals surface area contributed by atoms with Crippen molar-refractivity contribution in [3.63, 3.8) is 0 Å². The molecule has 1 aromatic carbocycles. The van der Waals surface area contributed by atoms with Gasteiger partial charge in [0.25, 0.3) is 0 Å². The molecule has 3 aromatic heterocycles. The number of hydrogen-bond acceptors (Lipinski definition) is 5. The number of methoxy groups -OCH3 is 1. The third-order valence-corrected chi connectivity index (χ3v) is 4.00. The molecule has 8 heteroatoms. The second-order valence-corrected chi connectivity index (χ2v) is 5.89. The predicted octanol–water partition coefficient (Wildman–Crippen LogP) is 3.38. The summed E-state index contributed by atoms with van der Waals surface area (Å²) in [7, 11) is 1.57. The molecule has 7 nitrogen and oxygen atoms in total. The number of halogens is 1. The van der Waals surface area contributed by atoms with Crippen LogP contribution in [0, 0.1) is 12.7 Å². The Morgan fingerprint density at radius 1 is 1.23 bits per heavy atom. The lowest BCUT2D eigenvalue weighted by Crippen LogP contribution is -2.13. The predicted molar refractivity (Wildman–Crippen MR) is 94.8 cm³/mol. The second kappa shape index (κ2) is 6.57. The normalized spacial score (nSPS) is 12.4. The molecular formula is C18H17FN6O. The van der Waals surface area contributed by atoms with Gasteiger partial charge < -0.3 is 10.1 Å². The first kappa shape index (κ1) is 16.2. The largest absolute Gasteiger partial charge is 0.369 e. The van der Waals surface area contributed by atoms with E-state index in [1.54, 1.807) is 23.8 Å². The highest BCUT2D eigenvalue weighted by molar-refractivity contribution is 5.72. The molecule has 0 fully saturated rings. The molecule has 26 heavy (non-hydrogen) atoms. The van der Waals surface area contributed by atoms with Gasteiger partial charge in [-0.3, -0.25) is 5.10 Å². The number of fused-ring (bicyclic) bond motifs is 1. The van der Waals surface area contributed by atoms with E-state index >= 15 is 0 Å². The summed E-state index contributed by atoms with van der Waals surface area (Å²) in [5.74, 6) is 1.42. The Morgan fingerprint density at radius 2 is 2.04 bits per heavy atom. The van der Waals surface area contributed by atoms with Crippen LogP contribution in [0.15, 0.2) is 48.7 Å². The molecule has 4 aromatic rings. The number of hydrogen-bond donors (Lipinski definition) is 2. The van der Waals surface area contributed by atoms with Gasteiger partial charge in [0.05, 0.1) is 0 Å². The number of H-pyrrole nitrogens is 1. The van der Waals surface area contributed by atoms with Crippen molar-refractivity contribution in [3.8, 4) is 0 Å². The molecule has 0 aliphatic heterocycles. The van der Waals surface area contributed by atoms with Gasteiger partial charge in [0.1, 0.15) is 17.4 Å². The van der Waals surface area contributed by atoms with E-state index in [2.05, 4.69) is 25.6 Å². The zero-order valence-corrected chi connectivity index (χ0v) is 14.3. The average molecular weight is 352 g/mol. The molecule has 0 aliphatic rings. The zero-order chi connectivity index (χ0) is 18.1. The van der Waals surface area contributed by atoms with Crippen LogP contribution in [-0.4, -0.2) is 31.9 Å². The van der Waals surface area contributed by atoms with Crippen LogP contribution in [0.2, 0.25) is 0 Å². The van der Waals surface area contributed by atoms with Crippen molar-refractivity contribution in [1.82, 2.24) is 24.8 Å². The van der Waals surface area contributed by atoms with E-state index in [1.807, 2.05) is 31.3 Å². The van der Waals surface area contributed by atoms with E-state index in [4.69, 9.17) is 4.74 Å². The minimum atomic E-state index is -0.524. The zero-order valence-electron chi connectivity index (χ0n) is 14.3. The standard InChI is InChI=1S/C18H17FN6O/c1-11-10-15(23-22-11)20-17-14-4-3-9-25(14)24-18(21-17)16(26-2)12-5-7-13(19)8-6-12/h3-10,16H,1-2H3,(H2,20,21,22,23,24). The lowest BCUT2D eigenvalue weighted by molar-refractivity contribution is 0.128. The maximum atomic E-state index is 13.2. The maximum Gasteiger partial charge on any atom is 0.184 e. The van der Waals surface area contributed by atoms with E-state index in [-0.39, 0.29) is 5.82 Å². The summed E-state index contributed by atoms with van der Waals surface area (Å²) in [5.41, 5.74) is 2.51. The molecule has 0 saturated heterocycles. The molecule has 0 bridgehead atoms. The van der Waals surface area contributed by atoms with Crippen LogP contribution in [0.5, 0.6) is 0 Å². The fourth-order valence-corrected chi connectivity index (χ4v) is 2.79. The monoisotopic (exact) mass is 352 g/mol. The fraction of sp³-hybridized carbons (Fsp3) is 0.167. The molecule has 132 valence electrons. The molecule has 0 spiro atoms. The Balaban J connectivity index is 1.78. The van der Waals surface area contributed by atoms with Crippen LogP contribution in [0.1, 0.15) is 23.2 Å². The van der Waals surface area contributed by atoms with Crippen molar-refractivity contribution in [2.24, 2.45) is 0 Å². The summed E-state index contributed by atoms with van der Waals surface area (Å²) < 4.78 is 20.5. The summed E-state index contributed by atoms with van der Waals surface area (Å²) in [5, 5.41) is 14.8. The second-order valence-electron chi connectivity index (χ2n) is 5.89. The van der Waals surface area contributed by atoms with E-state index in [9.17, 15) is 4.39 Å². The highest BCUT2D eigenvalue weighted by Crippen LogP contribution is 2.26. The van der Waals surface area contributed by atoms with Crippen molar-refractivity contribution in [3.05, 3.63) is 71.6 Å². The molecule has 1 atom stereocenters. The van der Waals surface area contributed by atoms with Crippen LogP contribution in [0.25, 0.3) is 5.52 Å². The Morgan fingerprint density at radius 3 is 2.73 bits per heavy atom. The first-order valence-electron chi connectivity index (χ1n) is 8.06. The van der Waals surface area contributed by atoms with Crippen LogP contribution >= 0.6 is 0 Å². The van der Waals surface area contributed by atoms with Gasteiger partial charge >= 0.3 is 0 Å². The maximum absolute atomic E-state index is 13.2. The number of anilines is 2. The SMILES string of the molecule is COC(c1ccc(F)cc1)c1nc(Nc2cc(C)[nH]n2)c2cccn2n1. The van der Waals surface area contributed by atoms with Gasteiger partial charge in [0, 0.05) is 25.1 Å². The number of aryl methyl sites for hydroxylation is 1. The molecule has 3 heterocycles. The number of ether oxygens (including phenoxy) is 1. The third kappa shape index (κ3) is 3.02. The van der Waals surface area contributed by atoms with Gasteiger partial charge in [0.15, 0.2) is 17.5 Å². The van der Waals surface area contributed by atoms with Crippen molar-refractivity contribution >= 4 is 17.2 Å². The van der Waals surface area contributed by atoms with Gasteiger partial charge in [-0.25, -0.2) is 13.9 Å². The van der Waals surface area contributed by atoms with E-state index < -0.39 is 6.10 Å². The van der Waals surface area contributed by atoms with Gasteiger partial charge in [-0.15, -0.1) is 5.10 Å². The van der Waals surface area contributed by atoms with Crippen LogP contribution in [0.4, 0.5) is 16.0 Å². The van der Waals surface area contributed by atoms with Gasteiger partial charge in [0.2, 0.25) is 0 Å². The minimum Gasteiger partial charge on any atom is -0.369 e. The van der Waals surface area contributed by atoms with Gasteiger partial charge in [-0.1, -0.05) is 12.1 Å². The Hall–Kier alpha value is -3.26. The molecule has 0 saturated carbocycles. The summed E-state index contributed by atoms with van der Waals surface area (Å²) >= 11 is 0. The lowest BCUT2D eigenvalue weighted by Gasteiger charge is -2.16. The number of benzene rings is 1. The lowest BCUT2D eigenvalue weighted by atomic mass is 10.1. The van der Waals surface area contributed by atoms with Gasteiger partial charge in [-0.2, -0.15) is 5.10 Å². The van der Waals surface area contributed by atoms with Gasteiger partial charge in [-0.05, 0) is 36.8 Å². The molecule has 0 amide bonds. The molecule has 1 unspecified atom stereocenters. The first-order valence-corrected chi connectivity index (χ1v) is 8.06. The molecule has 4 rings (SSSR count). The summed E-state index contributed by atoms with van der Waals surface area (Å²) in [6.07, 6.45) is 1.31. The summed E-state index contributed by atoms with van der Waals surface area (Å²) in [6, 6.07) is 11.8. The van der Waals surface area contributed by atoms with Crippen LogP contribution in [-0.2, 0) is 4.74 Å². The topological polar surface area (TPSA) is 80.1 Å². The first-order chi connectivity index (χ1) is 12.6. The summed E-state index contributed by atoms with van der Waals surface area (Å²) in [6.45, 7) is 1.92. The Labute approximate surface area is 148 Å². The van der Waals surface area contributed by atoms with Crippen molar-refractivity contribution in [2.75, 3.05) is 12.4 Å². The molecule has 2 N–H and O–H groups in total. The quantitative estimate of drug-likeness (QED) is 0.576. The van der Waals surface area contributed by atoms with Crippen molar-refractivity contribution in [2.45, 2.75) is 13.0 Å². The van der Waals surface area contributed by atoms with Crippen LogP contribution < -0.4 is 5.32 Å². The number of nitrogens with zero attached hydrogens (tertiary/aromatic N) is 4. The fourth-order valence-electron chi connectivity index (χ4n) is 2.79. The molecular weight excluding hydrogens is 335 g/mol. The molecule has 0 aliphatic carbocycles. The summed E-state index contributed by atoms with van der Waals surface area (Å²) in [4.78, 5) is 4.63. The third-order valence-electron chi connectivity index (χ3n) is 4.00. The number of rotatable bonds is 5. The highest BCUT2D eigenvalue weighted by Gasteiger charge is 2.20. The van der Waals surface area contributed by atoms with Crippen molar-refractivity contribution < 1.29 is 9.13 Å². The number of aromatic nitrogens is 5. The van der Waals surface area contributed by atoms with E-state index in [0.29, 0.717) is 17.5 Å². The smallest absolute Gasteiger partial charge is 0.184 e. The van der Waals surface area contributed by atoms with E-state index in [0.717, 1.165) is 16.8 Å². The van der Waals surface area contributed by atoms with Crippen molar-refractivity contribution in [1.29, 1.82) is 0 Å². The number of aromatic amines is 1. The average Bonchev–Trinajstić information content (AvgIpc) is 3.26. The van der Waals surface area contributed by atoms with Crippen LogP contribution in [0.3, 0.4) is 0 Å². The highest BCUT2D eigenvalue weighted by atomic mass is 19.1. The Kier molecular flexibility index (Phi) is 4.10. The number of nitrogens with one attached hydrogen (secondary N) is 2. The molecule has 0 radical (unpaired) electrons. The van der Waals surface area contributed by atoms with E-state index in [1.165, 1.54) is 12.1 Å². The minimum absolute atomic E-state index is 0.304.